The third-order valence-corrected chi connectivity index (χ3v) is 2.67. The zero-order valence-electron chi connectivity index (χ0n) is 9.94. The van der Waals surface area contributed by atoms with E-state index in [1.54, 1.807) is 6.07 Å². The van der Waals surface area contributed by atoms with Gasteiger partial charge in [0.2, 0.25) is 0 Å². The van der Waals surface area contributed by atoms with Crippen molar-refractivity contribution in [2.24, 2.45) is 0 Å². The summed E-state index contributed by atoms with van der Waals surface area (Å²) in [4.78, 5) is 11.9. The molecule has 0 aliphatic carbocycles. The van der Waals surface area contributed by atoms with Crippen LogP contribution in [0.1, 0.15) is 11.1 Å². The Morgan fingerprint density at radius 1 is 1.26 bits per heavy atom. The molecule has 98 valence electrons. The summed E-state index contributed by atoms with van der Waals surface area (Å²) in [5.74, 6) is -2.23. The van der Waals surface area contributed by atoms with Gasteiger partial charge in [0, 0.05) is 6.20 Å². The van der Waals surface area contributed by atoms with Gasteiger partial charge in [-0.3, -0.25) is 4.79 Å². The Bertz CT molecular complexity index is 692. The van der Waals surface area contributed by atoms with Crippen molar-refractivity contribution in [3.8, 4) is 0 Å². The largest absolute Gasteiger partial charge is 0.508 e. The van der Waals surface area contributed by atoms with E-state index in [4.69, 9.17) is 0 Å². The van der Waals surface area contributed by atoms with Crippen molar-refractivity contribution in [1.29, 1.82) is 0 Å². The van der Waals surface area contributed by atoms with Gasteiger partial charge in [0.15, 0.2) is 11.6 Å². The van der Waals surface area contributed by atoms with Crippen LogP contribution in [0.3, 0.4) is 0 Å². The molecule has 0 amide bonds. The molecule has 0 unspecified atom stereocenters. The lowest BCUT2D eigenvalue weighted by Crippen LogP contribution is -2.23. The molecule has 0 fully saturated rings. The van der Waals surface area contributed by atoms with E-state index in [1.807, 2.05) is 0 Å². The fraction of sp³-hybridized carbons (Fsp3) is 0.0714. The van der Waals surface area contributed by atoms with Crippen molar-refractivity contribution in [1.82, 2.24) is 4.57 Å². The number of aromatic nitrogens is 1. The van der Waals surface area contributed by atoms with Crippen LogP contribution < -0.4 is 5.56 Å². The molecule has 0 aliphatic rings. The lowest BCUT2D eigenvalue weighted by Gasteiger charge is -2.08. The molecule has 0 bridgehead atoms. The van der Waals surface area contributed by atoms with Crippen molar-refractivity contribution >= 4 is 5.76 Å². The Morgan fingerprint density at radius 3 is 2.63 bits per heavy atom. The number of aliphatic hydroxyl groups excluding tert-OH is 1. The first-order chi connectivity index (χ1) is 8.99. The van der Waals surface area contributed by atoms with Crippen molar-refractivity contribution in [2.45, 2.75) is 6.54 Å². The molecule has 1 aromatic carbocycles. The third kappa shape index (κ3) is 2.70. The third-order valence-electron chi connectivity index (χ3n) is 2.67. The highest BCUT2D eigenvalue weighted by molar-refractivity contribution is 5.54. The van der Waals surface area contributed by atoms with Crippen LogP contribution in [-0.2, 0) is 6.54 Å². The van der Waals surface area contributed by atoms with E-state index in [-0.39, 0.29) is 17.9 Å². The quantitative estimate of drug-likeness (QED) is 0.865. The van der Waals surface area contributed by atoms with Gasteiger partial charge in [-0.05, 0) is 29.8 Å². The van der Waals surface area contributed by atoms with E-state index in [2.05, 4.69) is 6.58 Å². The fourth-order valence-electron chi connectivity index (χ4n) is 1.72. The van der Waals surface area contributed by atoms with Crippen LogP contribution in [0, 0.1) is 11.6 Å². The van der Waals surface area contributed by atoms with Gasteiger partial charge in [-0.15, -0.1) is 0 Å². The lowest BCUT2D eigenvalue weighted by molar-refractivity contribution is 0.505. The number of hydrogen-bond donors (Lipinski definition) is 1. The summed E-state index contributed by atoms with van der Waals surface area (Å²) in [7, 11) is 0. The molecule has 2 rings (SSSR count). The van der Waals surface area contributed by atoms with Crippen molar-refractivity contribution in [3.63, 3.8) is 0 Å². The second kappa shape index (κ2) is 5.06. The van der Waals surface area contributed by atoms with Gasteiger partial charge in [0.25, 0.3) is 5.56 Å². The average Bonchev–Trinajstić information content (AvgIpc) is 2.36. The number of nitrogens with zero attached hydrogens (tertiary/aromatic N) is 1. The first kappa shape index (κ1) is 13.0. The van der Waals surface area contributed by atoms with E-state index in [9.17, 15) is 18.7 Å². The second-order valence-electron chi connectivity index (χ2n) is 4.05. The molecule has 3 nitrogen and oxygen atoms in total. The standard InChI is InChI=1S/C14H11F2NO2/c1-9(18)11-3-2-6-17(14(11)19)8-10-4-5-12(15)13(16)7-10/h2-7,18H,1,8H2. The molecule has 1 heterocycles. The molecule has 0 aliphatic heterocycles. The van der Waals surface area contributed by atoms with Crippen molar-refractivity contribution in [2.75, 3.05) is 0 Å². The molecule has 2 aromatic rings. The summed E-state index contributed by atoms with van der Waals surface area (Å²) in [5.41, 5.74) is 0.0755. The predicted octanol–water partition coefficient (Wildman–Crippen LogP) is 2.70. The Morgan fingerprint density at radius 2 is 2.00 bits per heavy atom. The monoisotopic (exact) mass is 263 g/mol. The van der Waals surface area contributed by atoms with Crippen molar-refractivity contribution < 1.29 is 13.9 Å². The Kier molecular flexibility index (Phi) is 3.46. The van der Waals surface area contributed by atoms with Gasteiger partial charge >= 0.3 is 0 Å². The van der Waals surface area contributed by atoms with E-state index >= 15 is 0 Å². The Hall–Kier alpha value is -2.43. The molecular weight excluding hydrogens is 252 g/mol. The molecule has 1 aromatic heterocycles. The van der Waals surface area contributed by atoms with E-state index in [1.165, 1.54) is 22.9 Å². The van der Waals surface area contributed by atoms with E-state index in [0.29, 0.717) is 5.56 Å². The highest BCUT2D eigenvalue weighted by Gasteiger charge is 2.07. The van der Waals surface area contributed by atoms with Gasteiger partial charge in [-0.2, -0.15) is 0 Å². The number of aliphatic hydroxyl groups is 1. The maximum atomic E-state index is 13.1. The van der Waals surface area contributed by atoms with Crippen molar-refractivity contribution in [3.05, 3.63) is 76.2 Å². The number of benzene rings is 1. The van der Waals surface area contributed by atoms with Gasteiger partial charge in [-0.25, -0.2) is 8.78 Å². The van der Waals surface area contributed by atoms with Crippen LogP contribution in [0.5, 0.6) is 0 Å². The minimum absolute atomic E-state index is 0.0742. The zero-order valence-corrected chi connectivity index (χ0v) is 9.94. The van der Waals surface area contributed by atoms with Crippen LogP contribution in [-0.4, -0.2) is 9.67 Å². The summed E-state index contributed by atoms with van der Waals surface area (Å²) >= 11 is 0. The predicted molar refractivity (Wildman–Crippen MR) is 67.8 cm³/mol. The molecule has 0 saturated heterocycles. The topological polar surface area (TPSA) is 42.2 Å². The van der Waals surface area contributed by atoms with Gasteiger partial charge in [0.05, 0.1) is 12.1 Å². The second-order valence-corrected chi connectivity index (χ2v) is 4.05. The first-order valence-corrected chi connectivity index (χ1v) is 5.50. The van der Waals surface area contributed by atoms with Crippen LogP contribution >= 0.6 is 0 Å². The normalized spacial score (nSPS) is 10.4. The summed E-state index contributed by atoms with van der Waals surface area (Å²) in [5, 5.41) is 9.26. The maximum absolute atomic E-state index is 13.1. The molecule has 0 radical (unpaired) electrons. The number of hydrogen-bond acceptors (Lipinski definition) is 2. The highest BCUT2D eigenvalue weighted by atomic mass is 19.2. The van der Waals surface area contributed by atoms with Gasteiger partial charge in [0.1, 0.15) is 5.76 Å². The molecule has 5 heteroatoms. The number of halogens is 2. The van der Waals surface area contributed by atoms with Gasteiger partial charge in [-0.1, -0.05) is 12.6 Å². The average molecular weight is 263 g/mol. The van der Waals surface area contributed by atoms with Crippen LogP contribution in [0.4, 0.5) is 8.78 Å². The maximum Gasteiger partial charge on any atom is 0.261 e. The molecule has 0 spiro atoms. The molecule has 19 heavy (non-hydrogen) atoms. The Balaban J connectivity index is 2.38. The Labute approximate surface area is 108 Å². The molecular formula is C14H11F2NO2. The van der Waals surface area contributed by atoms with E-state index < -0.39 is 17.2 Å². The summed E-state index contributed by atoms with van der Waals surface area (Å²) in [6.07, 6.45) is 1.50. The van der Waals surface area contributed by atoms with E-state index in [0.717, 1.165) is 12.1 Å². The molecule has 0 saturated carbocycles. The highest BCUT2D eigenvalue weighted by Crippen LogP contribution is 2.10. The number of rotatable bonds is 3. The molecule has 1 N–H and O–H groups in total. The fourth-order valence-corrected chi connectivity index (χ4v) is 1.72. The van der Waals surface area contributed by atoms with Gasteiger partial charge < -0.3 is 9.67 Å². The van der Waals surface area contributed by atoms with Crippen LogP contribution in [0.2, 0.25) is 0 Å². The number of pyridine rings is 1. The summed E-state index contributed by atoms with van der Waals surface area (Å²) in [6.45, 7) is 3.37. The lowest BCUT2D eigenvalue weighted by atomic mass is 10.2. The van der Waals surface area contributed by atoms with Crippen LogP contribution in [0.25, 0.3) is 5.76 Å². The summed E-state index contributed by atoms with van der Waals surface area (Å²) < 4.78 is 27.2. The minimum Gasteiger partial charge on any atom is -0.508 e. The minimum atomic E-state index is -0.965. The first-order valence-electron chi connectivity index (χ1n) is 5.50. The molecule has 0 atom stereocenters. The zero-order chi connectivity index (χ0) is 14.0. The van der Waals surface area contributed by atoms with Crippen LogP contribution in [0.15, 0.2) is 47.9 Å². The smallest absolute Gasteiger partial charge is 0.261 e. The summed E-state index contributed by atoms with van der Waals surface area (Å²) in [6, 6.07) is 6.43. The SMILES string of the molecule is C=C(O)c1cccn(Cc2ccc(F)c(F)c2)c1=O.